The summed E-state index contributed by atoms with van der Waals surface area (Å²) in [6, 6.07) is 10.1. The Morgan fingerprint density at radius 3 is 2.55 bits per heavy atom. The number of carbonyl (C=O) groups is 1. The van der Waals surface area contributed by atoms with Crippen molar-refractivity contribution < 1.29 is 4.79 Å². The molecule has 0 atom stereocenters. The molecule has 0 fully saturated rings. The normalized spacial score (nSPS) is 11.2. The summed E-state index contributed by atoms with van der Waals surface area (Å²) in [6.07, 6.45) is 2.09. The van der Waals surface area contributed by atoms with E-state index >= 15 is 0 Å². The molecule has 20 heavy (non-hydrogen) atoms. The first kappa shape index (κ1) is 12.5. The van der Waals surface area contributed by atoms with Crippen molar-refractivity contribution in [3.8, 4) is 11.3 Å². The smallest absolute Gasteiger partial charge is 0.250 e. The Hall–Kier alpha value is -2.49. The Morgan fingerprint density at radius 1 is 1.20 bits per heavy atom. The van der Waals surface area contributed by atoms with Crippen molar-refractivity contribution in [3.63, 3.8) is 0 Å². The van der Waals surface area contributed by atoms with Crippen LogP contribution in [0.15, 0.2) is 36.5 Å². The second-order valence-electron chi connectivity index (χ2n) is 5.12. The molecule has 1 amide bonds. The molecule has 1 aromatic carbocycles. The van der Waals surface area contributed by atoms with Gasteiger partial charge in [-0.25, -0.2) is 0 Å². The van der Waals surface area contributed by atoms with E-state index in [0.717, 1.165) is 17.0 Å². The van der Waals surface area contributed by atoms with E-state index < -0.39 is 0 Å². The number of primary amides is 1. The Labute approximate surface area is 117 Å². The Balaban J connectivity index is 2.32. The van der Waals surface area contributed by atoms with Crippen LogP contribution in [0.4, 0.5) is 0 Å². The van der Waals surface area contributed by atoms with E-state index in [1.54, 1.807) is 0 Å². The summed E-state index contributed by atoms with van der Waals surface area (Å²) in [4.78, 5) is 11.5. The number of hydrogen-bond acceptors (Lipinski definition) is 1. The quantitative estimate of drug-likeness (QED) is 0.762. The summed E-state index contributed by atoms with van der Waals surface area (Å²) in [5, 5.41) is 1.17. The van der Waals surface area contributed by atoms with Crippen molar-refractivity contribution in [2.75, 3.05) is 0 Å². The predicted octanol–water partition coefficient (Wildman–Crippen LogP) is 2.59. The molecule has 0 aliphatic heterocycles. The van der Waals surface area contributed by atoms with Crippen molar-refractivity contribution >= 4 is 16.8 Å². The Kier molecular flexibility index (Phi) is 2.67. The van der Waals surface area contributed by atoms with Crippen LogP contribution < -0.4 is 5.73 Å². The van der Waals surface area contributed by atoms with Crippen LogP contribution >= 0.6 is 0 Å². The molecule has 2 N–H and O–H groups in total. The third-order valence-electron chi connectivity index (χ3n) is 3.97. The number of rotatable bonds is 2. The molecule has 0 unspecified atom stereocenters. The second-order valence-corrected chi connectivity index (χ2v) is 5.12. The fourth-order valence-corrected chi connectivity index (χ4v) is 2.75. The standard InChI is InChI=1S/C16H17N3O/c1-10-12(16(17)20)8-15(19(10)3)13-9-18(2)14-7-5-4-6-11(13)14/h4-9H,1-3H3,(H2,17,20). The highest BCUT2D eigenvalue weighted by Crippen LogP contribution is 2.32. The highest BCUT2D eigenvalue weighted by molar-refractivity contribution is 5.99. The maximum Gasteiger partial charge on any atom is 0.250 e. The molecule has 2 heterocycles. The first-order chi connectivity index (χ1) is 9.50. The summed E-state index contributed by atoms with van der Waals surface area (Å²) in [5.41, 5.74) is 10.2. The highest BCUT2D eigenvalue weighted by atomic mass is 16.1. The van der Waals surface area contributed by atoms with E-state index in [2.05, 4.69) is 22.9 Å². The molecule has 102 valence electrons. The van der Waals surface area contributed by atoms with E-state index in [-0.39, 0.29) is 5.91 Å². The number of benzene rings is 1. The topological polar surface area (TPSA) is 53.0 Å². The van der Waals surface area contributed by atoms with Gasteiger partial charge in [0.25, 0.3) is 5.91 Å². The molecule has 3 rings (SSSR count). The SMILES string of the molecule is Cc1c(C(N)=O)cc(-c2cn(C)c3ccccc23)n1C. The van der Waals surface area contributed by atoms with Crippen molar-refractivity contribution in [3.05, 3.63) is 47.8 Å². The molecule has 3 aromatic rings. The molecule has 0 bridgehead atoms. The predicted molar refractivity (Wildman–Crippen MR) is 80.6 cm³/mol. The van der Waals surface area contributed by atoms with E-state index in [9.17, 15) is 4.79 Å². The summed E-state index contributed by atoms with van der Waals surface area (Å²) >= 11 is 0. The zero-order valence-electron chi connectivity index (χ0n) is 11.8. The van der Waals surface area contributed by atoms with E-state index in [0.29, 0.717) is 5.56 Å². The van der Waals surface area contributed by atoms with Crippen molar-refractivity contribution in [2.45, 2.75) is 6.92 Å². The molecular formula is C16H17N3O. The van der Waals surface area contributed by atoms with Gasteiger partial charge in [0, 0.05) is 42.5 Å². The van der Waals surface area contributed by atoms with Gasteiger partial charge in [-0.1, -0.05) is 18.2 Å². The van der Waals surface area contributed by atoms with Gasteiger partial charge in [-0.15, -0.1) is 0 Å². The van der Waals surface area contributed by atoms with Crippen LogP contribution in [0, 0.1) is 6.92 Å². The number of para-hydroxylation sites is 1. The summed E-state index contributed by atoms with van der Waals surface area (Å²) in [6.45, 7) is 1.91. The molecule has 0 saturated carbocycles. The zero-order chi connectivity index (χ0) is 14.4. The van der Waals surface area contributed by atoms with Gasteiger partial charge in [0.1, 0.15) is 0 Å². The van der Waals surface area contributed by atoms with E-state index in [1.807, 2.05) is 43.8 Å². The largest absolute Gasteiger partial charge is 0.366 e. The maximum absolute atomic E-state index is 11.5. The van der Waals surface area contributed by atoms with Crippen LogP contribution in [-0.2, 0) is 14.1 Å². The monoisotopic (exact) mass is 267 g/mol. The molecule has 0 spiro atoms. The molecule has 0 saturated heterocycles. The summed E-state index contributed by atoms with van der Waals surface area (Å²) < 4.78 is 4.11. The number of amides is 1. The minimum Gasteiger partial charge on any atom is -0.366 e. The van der Waals surface area contributed by atoms with Crippen molar-refractivity contribution in [1.82, 2.24) is 9.13 Å². The molecular weight excluding hydrogens is 250 g/mol. The fraction of sp³-hybridized carbons (Fsp3) is 0.188. The summed E-state index contributed by atoms with van der Waals surface area (Å²) in [7, 11) is 3.98. The third kappa shape index (κ3) is 1.65. The van der Waals surface area contributed by atoms with Crippen LogP contribution in [0.3, 0.4) is 0 Å². The van der Waals surface area contributed by atoms with Crippen LogP contribution in [-0.4, -0.2) is 15.0 Å². The van der Waals surface area contributed by atoms with Crippen LogP contribution in [0.5, 0.6) is 0 Å². The third-order valence-corrected chi connectivity index (χ3v) is 3.97. The number of nitrogens with two attached hydrogens (primary N) is 1. The van der Waals surface area contributed by atoms with Crippen molar-refractivity contribution in [2.24, 2.45) is 19.8 Å². The lowest BCUT2D eigenvalue weighted by Crippen LogP contribution is -2.11. The van der Waals surface area contributed by atoms with E-state index in [1.165, 1.54) is 10.9 Å². The molecule has 2 aromatic heterocycles. The molecule has 4 heteroatoms. The lowest BCUT2D eigenvalue weighted by Gasteiger charge is -2.03. The van der Waals surface area contributed by atoms with Crippen molar-refractivity contribution in [1.29, 1.82) is 0 Å². The van der Waals surface area contributed by atoms with Gasteiger partial charge in [0.2, 0.25) is 0 Å². The van der Waals surface area contributed by atoms with Crippen LogP contribution in [0.1, 0.15) is 16.1 Å². The van der Waals surface area contributed by atoms with Gasteiger partial charge < -0.3 is 14.9 Å². The average molecular weight is 267 g/mol. The number of aromatic nitrogens is 2. The molecule has 0 radical (unpaired) electrons. The zero-order valence-corrected chi connectivity index (χ0v) is 11.8. The van der Waals surface area contributed by atoms with E-state index in [4.69, 9.17) is 5.73 Å². The second kappa shape index (κ2) is 4.27. The number of carbonyl (C=O) groups excluding carboxylic acids is 1. The number of aryl methyl sites for hydroxylation is 1. The highest BCUT2D eigenvalue weighted by Gasteiger charge is 2.17. The number of nitrogens with zero attached hydrogens (tertiary/aromatic N) is 2. The van der Waals surface area contributed by atoms with Gasteiger partial charge in [0.15, 0.2) is 0 Å². The van der Waals surface area contributed by atoms with Gasteiger partial charge >= 0.3 is 0 Å². The Morgan fingerprint density at radius 2 is 1.90 bits per heavy atom. The first-order valence-electron chi connectivity index (χ1n) is 6.51. The number of hydrogen-bond donors (Lipinski definition) is 1. The molecule has 0 aliphatic rings. The van der Waals surface area contributed by atoms with Crippen LogP contribution in [0.2, 0.25) is 0 Å². The average Bonchev–Trinajstić information content (AvgIpc) is 2.90. The van der Waals surface area contributed by atoms with Gasteiger partial charge in [-0.2, -0.15) is 0 Å². The van der Waals surface area contributed by atoms with Gasteiger partial charge in [0.05, 0.1) is 11.3 Å². The molecule has 0 aliphatic carbocycles. The summed E-state index contributed by atoms with van der Waals surface area (Å²) in [5.74, 6) is -0.385. The molecule has 4 nitrogen and oxygen atoms in total. The minimum atomic E-state index is -0.385. The van der Waals surface area contributed by atoms with Crippen LogP contribution in [0.25, 0.3) is 22.2 Å². The van der Waals surface area contributed by atoms with Gasteiger partial charge in [-0.3, -0.25) is 4.79 Å². The Bertz CT molecular complexity index is 824. The minimum absolute atomic E-state index is 0.385. The first-order valence-corrected chi connectivity index (χ1v) is 6.51. The number of fused-ring (bicyclic) bond motifs is 1. The van der Waals surface area contributed by atoms with Gasteiger partial charge in [-0.05, 0) is 19.1 Å². The lowest BCUT2D eigenvalue weighted by atomic mass is 10.1. The fourth-order valence-electron chi connectivity index (χ4n) is 2.75. The maximum atomic E-state index is 11.5. The lowest BCUT2D eigenvalue weighted by molar-refractivity contribution is 0.0999.